The van der Waals surface area contributed by atoms with Crippen LogP contribution in [0.25, 0.3) is 10.9 Å². The summed E-state index contributed by atoms with van der Waals surface area (Å²) in [5.74, 6) is 0.866. The minimum Gasteiger partial charge on any atom is -0.489 e. The van der Waals surface area contributed by atoms with E-state index >= 15 is 0 Å². The molecule has 0 fully saturated rings. The van der Waals surface area contributed by atoms with Crippen molar-refractivity contribution in [3.8, 4) is 5.75 Å². The number of hydrogen-bond donors (Lipinski definition) is 1. The van der Waals surface area contributed by atoms with E-state index in [-0.39, 0.29) is 0 Å². The lowest BCUT2D eigenvalue weighted by atomic mass is 10.1. The fourth-order valence-electron chi connectivity index (χ4n) is 1.98. The van der Waals surface area contributed by atoms with Crippen LogP contribution in [0.3, 0.4) is 0 Å². The number of benzene rings is 2. The quantitative estimate of drug-likeness (QED) is 0.759. The average Bonchev–Trinajstić information content (AvgIpc) is 2.84. The van der Waals surface area contributed by atoms with Crippen molar-refractivity contribution in [1.82, 2.24) is 10.2 Å². The van der Waals surface area contributed by atoms with Crippen LogP contribution >= 0.6 is 0 Å². The zero-order valence-corrected chi connectivity index (χ0v) is 10.2. The summed E-state index contributed by atoms with van der Waals surface area (Å²) in [7, 11) is 0. The standard InChI is InChI=1S/C15H14N2O/c1-11-3-2-4-12(7-11)10-18-14-5-6-15-13(8-14)9-16-17-15/h2-9H,10H2,1H3,(H,16,17). The first-order valence-electron chi connectivity index (χ1n) is 5.93. The highest BCUT2D eigenvalue weighted by Gasteiger charge is 2.00. The number of H-pyrrole nitrogens is 1. The van der Waals surface area contributed by atoms with Crippen molar-refractivity contribution in [1.29, 1.82) is 0 Å². The summed E-state index contributed by atoms with van der Waals surface area (Å²) >= 11 is 0. The van der Waals surface area contributed by atoms with E-state index in [9.17, 15) is 0 Å². The van der Waals surface area contributed by atoms with E-state index in [2.05, 4.69) is 35.3 Å². The first-order valence-corrected chi connectivity index (χ1v) is 5.93. The molecular formula is C15H14N2O. The maximum atomic E-state index is 5.78. The molecule has 0 spiro atoms. The van der Waals surface area contributed by atoms with Crippen LogP contribution in [0.5, 0.6) is 5.75 Å². The van der Waals surface area contributed by atoms with Crippen molar-refractivity contribution in [2.24, 2.45) is 0 Å². The second kappa shape index (κ2) is 4.53. The number of nitrogens with one attached hydrogen (secondary N) is 1. The molecule has 3 aromatic rings. The molecule has 0 aliphatic heterocycles. The Hall–Kier alpha value is -2.29. The molecule has 0 amide bonds. The van der Waals surface area contributed by atoms with Crippen LogP contribution in [0.2, 0.25) is 0 Å². The molecule has 1 aromatic heterocycles. The number of fused-ring (bicyclic) bond motifs is 1. The summed E-state index contributed by atoms with van der Waals surface area (Å²) in [6.07, 6.45) is 1.80. The lowest BCUT2D eigenvalue weighted by Gasteiger charge is -2.06. The zero-order chi connectivity index (χ0) is 12.4. The largest absolute Gasteiger partial charge is 0.489 e. The van der Waals surface area contributed by atoms with E-state index in [1.807, 2.05) is 24.3 Å². The monoisotopic (exact) mass is 238 g/mol. The van der Waals surface area contributed by atoms with Gasteiger partial charge in [0, 0.05) is 5.39 Å². The van der Waals surface area contributed by atoms with Gasteiger partial charge in [0.25, 0.3) is 0 Å². The Balaban J connectivity index is 1.76. The second-order valence-electron chi connectivity index (χ2n) is 4.40. The van der Waals surface area contributed by atoms with E-state index in [1.165, 1.54) is 11.1 Å². The number of aromatic amines is 1. The van der Waals surface area contributed by atoms with Crippen molar-refractivity contribution >= 4 is 10.9 Å². The Labute approximate surface area is 105 Å². The second-order valence-corrected chi connectivity index (χ2v) is 4.40. The van der Waals surface area contributed by atoms with Crippen LogP contribution in [0, 0.1) is 6.92 Å². The highest BCUT2D eigenvalue weighted by atomic mass is 16.5. The number of hydrogen-bond acceptors (Lipinski definition) is 2. The van der Waals surface area contributed by atoms with Crippen LogP contribution < -0.4 is 4.74 Å². The smallest absolute Gasteiger partial charge is 0.120 e. The number of aryl methyl sites for hydroxylation is 1. The molecule has 2 aromatic carbocycles. The molecule has 0 unspecified atom stereocenters. The van der Waals surface area contributed by atoms with Gasteiger partial charge in [0.15, 0.2) is 0 Å². The molecule has 3 heteroatoms. The predicted octanol–water partition coefficient (Wildman–Crippen LogP) is 3.45. The first kappa shape index (κ1) is 10.8. The number of aromatic nitrogens is 2. The fraction of sp³-hybridized carbons (Fsp3) is 0.133. The molecule has 0 radical (unpaired) electrons. The van der Waals surface area contributed by atoms with Gasteiger partial charge in [0.2, 0.25) is 0 Å². The highest BCUT2D eigenvalue weighted by molar-refractivity contribution is 5.79. The molecule has 0 aliphatic carbocycles. The molecular weight excluding hydrogens is 224 g/mol. The summed E-state index contributed by atoms with van der Waals surface area (Å²) in [6.45, 7) is 2.67. The third-order valence-electron chi connectivity index (χ3n) is 2.90. The third kappa shape index (κ3) is 2.20. The Morgan fingerprint density at radius 1 is 1.17 bits per heavy atom. The molecule has 0 aliphatic rings. The van der Waals surface area contributed by atoms with Crippen LogP contribution in [-0.4, -0.2) is 10.2 Å². The topological polar surface area (TPSA) is 37.9 Å². The van der Waals surface area contributed by atoms with Gasteiger partial charge < -0.3 is 4.74 Å². The van der Waals surface area contributed by atoms with E-state index in [0.29, 0.717) is 6.61 Å². The van der Waals surface area contributed by atoms with Gasteiger partial charge in [-0.15, -0.1) is 0 Å². The summed E-state index contributed by atoms with van der Waals surface area (Å²) in [6, 6.07) is 14.3. The van der Waals surface area contributed by atoms with Crippen molar-refractivity contribution in [3.05, 3.63) is 59.8 Å². The molecule has 0 atom stereocenters. The Morgan fingerprint density at radius 3 is 3.00 bits per heavy atom. The van der Waals surface area contributed by atoms with Gasteiger partial charge in [-0.25, -0.2) is 0 Å². The van der Waals surface area contributed by atoms with Crippen molar-refractivity contribution in [2.75, 3.05) is 0 Å². The van der Waals surface area contributed by atoms with E-state index in [1.54, 1.807) is 6.20 Å². The number of nitrogens with zero attached hydrogens (tertiary/aromatic N) is 1. The summed E-state index contributed by atoms with van der Waals surface area (Å²) < 4.78 is 5.78. The summed E-state index contributed by atoms with van der Waals surface area (Å²) in [4.78, 5) is 0. The van der Waals surface area contributed by atoms with Crippen LogP contribution in [0.4, 0.5) is 0 Å². The van der Waals surface area contributed by atoms with E-state index < -0.39 is 0 Å². The molecule has 3 rings (SSSR count). The van der Waals surface area contributed by atoms with Gasteiger partial charge >= 0.3 is 0 Å². The van der Waals surface area contributed by atoms with Crippen LogP contribution in [0.1, 0.15) is 11.1 Å². The van der Waals surface area contributed by atoms with E-state index in [4.69, 9.17) is 4.74 Å². The lowest BCUT2D eigenvalue weighted by molar-refractivity contribution is 0.306. The minimum atomic E-state index is 0.588. The highest BCUT2D eigenvalue weighted by Crippen LogP contribution is 2.19. The summed E-state index contributed by atoms with van der Waals surface area (Å²) in [5.41, 5.74) is 3.46. The number of ether oxygens (including phenoxy) is 1. The number of rotatable bonds is 3. The van der Waals surface area contributed by atoms with Crippen LogP contribution in [-0.2, 0) is 6.61 Å². The van der Waals surface area contributed by atoms with Gasteiger partial charge in [-0.05, 0) is 30.7 Å². The van der Waals surface area contributed by atoms with Crippen LogP contribution in [0.15, 0.2) is 48.7 Å². The fourth-order valence-corrected chi connectivity index (χ4v) is 1.98. The SMILES string of the molecule is Cc1cccc(COc2ccc3[nH]ncc3c2)c1. The third-order valence-corrected chi connectivity index (χ3v) is 2.90. The normalized spacial score (nSPS) is 10.7. The molecule has 0 bridgehead atoms. The molecule has 18 heavy (non-hydrogen) atoms. The van der Waals surface area contributed by atoms with E-state index in [0.717, 1.165) is 16.7 Å². The van der Waals surface area contributed by atoms with Gasteiger partial charge in [-0.2, -0.15) is 5.10 Å². The van der Waals surface area contributed by atoms with Gasteiger partial charge in [0.1, 0.15) is 12.4 Å². The molecule has 90 valence electrons. The lowest BCUT2D eigenvalue weighted by Crippen LogP contribution is -1.95. The summed E-state index contributed by atoms with van der Waals surface area (Å²) in [5, 5.41) is 7.98. The maximum Gasteiger partial charge on any atom is 0.120 e. The van der Waals surface area contributed by atoms with Crippen molar-refractivity contribution in [2.45, 2.75) is 13.5 Å². The van der Waals surface area contributed by atoms with Gasteiger partial charge in [0.05, 0.1) is 11.7 Å². The van der Waals surface area contributed by atoms with Gasteiger partial charge in [-0.1, -0.05) is 29.8 Å². The molecule has 1 heterocycles. The molecule has 1 N–H and O–H groups in total. The average molecular weight is 238 g/mol. The Kier molecular flexibility index (Phi) is 2.73. The minimum absolute atomic E-state index is 0.588. The predicted molar refractivity (Wildman–Crippen MR) is 71.6 cm³/mol. The van der Waals surface area contributed by atoms with Crippen molar-refractivity contribution < 1.29 is 4.74 Å². The molecule has 0 saturated heterocycles. The molecule has 3 nitrogen and oxygen atoms in total. The Bertz CT molecular complexity index is 673. The molecule has 0 saturated carbocycles. The zero-order valence-electron chi connectivity index (χ0n) is 10.2. The van der Waals surface area contributed by atoms with Crippen molar-refractivity contribution in [3.63, 3.8) is 0 Å². The first-order chi connectivity index (χ1) is 8.81. The van der Waals surface area contributed by atoms with Gasteiger partial charge in [-0.3, -0.25) is 5.10 Å². The Morgan fingerprint density at radius 2 is 2.11 bits per heavy atom. The maximum absolute atomic E-state index is 5.78.